The van der Waals surface area contributed by atoms with Crippen molar-refractivity contribution in [3.8, 4) is 0 Å². The van der Waals surface area contributed by atoms with Crippen LogP contribution in [-0.4, -0.2) is 38.9 Å². The highest BCUT2D eigenvalue weighted by molar-refractivity contribution is 4.99. The molecule has 0 unspecified atom stereocenters. The number of hydrogen-bond donors (Lipinski definition) is 3. The summed E-state index contributed by atoms with van der Waals surface area (Å²) >= 11 is 0. The average molecular weight is 211 g/mol. The fourth-order valence-corrected chi connectivity index (χ4v) is 1.21. The lowest BCUT2D eigenvalue weighted by atomic mass is 9.98. The van der Waals surface area contributed by atoms with E-state index in [4.69, 9.17) is 0 Å². The molecule has 1 aromatic heterocycles. The smallest absolute Gasteiger partial charge is 0.115 e. The highest BCUT2D eigenvalue weighted by Crippen LogP contribution is 2.09. The third kappa shape index (κ3) is 3.23. The molecular weight excluding hydrogens is 194 g/mol. The number of aromatic nitrogens is 2. The van der Waals surface area contributed by atoms with Crippen LogP contribution in [0.2, 0.25) is 0 Å². The molecule has 84 valence electrons. The van der Waals surface area contributed by atoms with Crippen LogP contribution in [0.5, 0.6) is 0 Å². The molecule has 0 aliphatic rings. The second-order valence-electron chi connectivity index (χ2n) is 3.50. The predicted molar refractivity (Wildman–Crippen MR) is 56.1 cm³/mol. The highest BCUT2D eigenvalue weighted by atomic mass is 16.3. The Bertz CT molecular complexity index is 267. The maximum atomic E-state index is 9.20. The molecule has 15 heavy (non-hydrogen) atoms. The Labute approximate surface area is 89.2 Å². The minimum atomic E-state index is -0.620. The molecule has 0 bridgehead atoms. The van der Waals surface area contributed by atoms with Crippen molar-refractivity contribution in [2.24, 2.45) is 0 Å². The fourth-order valence-electron chi connectivity index (χ4n) is 1.21. The van der Waals surface area contributed by atoms with Crippen LogP contribution in [0, 0.1) is 0 Å². The molecule has 1 rings (SSSR count). The first kappa shape index (κ1) is 12.0. The van der Waals surface area contributed by atoms with E-state index in [0.29, 0.717) is 13.0 Å². The Morgan fingerprint density at radius 2 is 2.13 bits per heavy atom. The lowest BCUT2D eigenvalue weighted by Gasteiger charge is -2.29. The molecule has 5 heteroatoms. The van der Waals surface area contributed by atoms with Gasteiger partial charge in [-0.2, -0.15) is 0 Å². The van der Waals surface area contributed by atoms with Crippen molar-refractivity contribution in [1.29, 1.82) is 0 Å². The van der Waals surface area contributed by atoms with Crippen LogP contribution in [0.3, 0.4) is 0 Å². The summed E-state index contributed by atoms with van der Waals surface area (Å²) in [6, 6.07) is 1.79. The van der Waals surface area contributed by atoms with E-state index in [0.717, 1.165) is 5.69 Å². The molecule has 0 aromatic carbocycles. The number of aliphatic hydroxyl groups excluding tert-OH is 2. The fraction of sp³-hybridized carbons (Fsp3) is 0.600. The minimum Gasteiger partial charge on any atom is -0.394 e. The minimum absolute atomic E-state index is 0.0922. The van der Waals surface area contributed by atoms with Gasteiger partial charge in [0.1, 0.15) is 6.33 Å². The standard InChI is InChI=1S/C10H17N3O2/c1-2-10(6-14,7-15)13-5-9-3-4-11-8-12-9/h3-4,8,13-15H,2,5-7H2,1H3. The molecule has 0 spiro atoms. The summed E-state index contributed by atoms with van der Waals surface area (Å²) in [7, 11) is 0. The molecule has 0 saturated heterocycles. The first-order valence-corrected chi connectivity index (χ1v) is 4.98. The second-order valence-corrected chi connectivity index (χ2v) is 3.50. The van der Waals surface area contributed by atoms with E-state index >= 15 is 0 Å². The summed E-state index contributed by atoms with van der Waals surface area (Å²) in [5.41, 5.74) is 0.218. The Morgan fingerprint density at radius 1 is 1.40 bits per heavy atom. The summed E-state index contributed by atoms with van der Waals surface area (Å²) in [5, 5.41) is 21.5. The molecule has 0 radical (unpaired) electrons. The van der Waals surface area contributed by atoms with Crippen molar-refractivity contribution in [1.82, 2.24) is 15.3 Å². The summed E-state index contributed by atoms with van der Waals surface area (Å²) in [4.78, 5) is 7.86. The summed E-state index contributed by atoms with van der Waals surface area (Å²) in [6.45, 7) is 2.24. The molecule has 0 amide bonds. The topological polar surface area (TPSA) is 78.3 Å². The van der Waals surface area contributed by atoms with Crippen molar-refractivity contribution in [2.75, 3.05) is 13.2 Å². The van der Waals surface area contributed by atoms with E-state index in [2.05, 4.69) is 15.3 Å². The van der Waals surface area contributed by atoms with Gasteiger partial charge >= 0.3 is 0 Å². The van der Waals surface area contributed by atoms with E-state index in [1.165, 1.54) is 6.33 Å². The summed E-state index contributed by atoms with van der Waals surface area (Å²) in [5.74, 6) is 0. The first-order chi connectivity index (χ1) is 7.26. The lowest BCUT2D eigenvalue weighted by molar-refractivity contribution is 0.0861. The maximum Gasteiger partial charge on any atom is 0.115 e. The van der Waals surface area contributed by atoms with Gasteiger partial charge in [-0.3, -0.25) is 0 Å². The largest absolute Gasteiger partial charge is 0.394 e. The first-order valence-electron chi connectivity index (χ1n) is 4.98. The third-order valence-electron chi connectivity index (χ3n) is 2.57. The molecular formula is C10H17N3O2. The lowest BCUT2D eigenvalue weighted by Crippen LogP contribution is -2.50. The van der Waals surface area contributed by atoms with Crippen LogP contribution in [0.4, 0.5) is 0 Å². The van der Waals surface area contributed by atoms with Gasteiger partial charge in [0.2, 0.25) is 0 Å². The Morgan fingerprint density at radius 3 is 2.60 bits per heavy atom. The zero-order valence-corrected chi connectivity index (χ0v) is 8.85. The van der Waals surface area contributed by atoms with Crippen LogP contribution in [0.1, 0.15) is 19.0 Å². The van der Waals surface area contributed by atoms with Gasteiger partial charge < -0.3 is 15.5 Å². The number of hydrogen-bond acceptors (Lipinski definition) is 5. The maximum absolute atomic E-state index is 9.20. The van der Waals surface area contributed by atoms with E-state index < -0.39 is 5.54 Å². The molecule has 0 aliphatic carbocycles. The van der Waals surface area contributed by atoms with Crippen molar-refractivity contribution in [2.45, 2.75) is 25.4 Å². The highest BCUT2D eigenvalue weighted by Gasteiger charge is 2.25. The van der Waals surface area contributed by atoms with Gasteiger partial charge in [0.05, 0.1) is 24.4 Å². The summed E-state index contributed by atoms with van der Waals surface area (Å²) in [6.07, 6.45) is 3.79. The van der Waals surface area contributed by atoms with Crippen LogP contribution in [0.25, 0.3) is 0 Å². The molecule has 5 nitrogen and oxygen atoms in total. The van der Waals surface area contributed by atoms with Gasteiger partial charge in [-0.1, -0.05) is 6.92 Å². The van der Waals surface area contributed by atoms with E-state index in [1.807, 2.05) is 6.92 Å². The number of nitrogens with one attached hydrogen (secondary N) is 1. The van der Waals surface area contributed by atoms with Crippen molar-refractivity contribution >= 4 is 0 Å². The van der Waals surface area contributed by atoms with Gasteiger partial charge in [-0.05, 0) is 12.5 Å². The van der Waals surface area contributed by atoms with Crippen LogP contribution in [0.15, 0.2) is 18.6 Å². The van der Waals surface area contributed by atoms with Gasteiger partial charge in [0.15, 0.2) is 0 Å². The summed E-state index contributed by atoms with van der Waals surface area (Å²) < 4.78 is 0. The van der Waals surface area contributed by atoms with Crippen LogP contribution < -0.4 is 5.32 Å². The Kier molecular flexibility index (Phi) is 4.61. The number of nitrogens with zero attached hydrogens (tertiary/aromatic N) is 2. The molecule has 0 aliphatic heterocycles. The second kappa shape index (κ2) is 5.75. The number of aliphatic hydroxyl groups is 2. The third-order valence-corrected chi connectivity index (χ3v) is 2.57. The van der Waals surface area contributed by atoms with Crippen molar-refractivity contribution in [3.63, 3.8) is 0 Å². The molecule has 0 atom stereocenters. The number of rotatable bonds is 6. The predicted octanol–water partition coefficient (Wildman–Crippen LogP) is -0.300. The Balaban J connectivity index is 2.54. The van der Waals surface area contributed by atoms with Crippen molar-refractivity contribution < 1.29 is 10.2 Å². The average Bonchev–Trinajstić information content (AvgIpc) is 2.33. The quantitative estimate of drug-likeness (QED) is 0.602. The van der Waals surface area contributed by atoms with Gasteiger partial charge in [0.25, 0.3) is 0 Å². The molecule has 0 saturated carbocycles. The molecule has 0 fully saturated rings. The van der Waals surface area contributed by atoms with E-state index in [1.54, 1.807) is 12.3 Å². The molecule has 3 N–H and O–H groups in total. The zero-order chi connectivity index (χ0) is 11.1. The monoisotopic (exact) mass is 211 g/mol. The van der Waals surface area contributed by atoms with Gasteiger partial charge in [-0.25, -0.2) is 9.97 Å². The SMILES string of the molecule is CCC(CO)(CO)NCc1ccncn1. The molecule has 1 heterocycles. The Hall–Kier alpha value is -1.04. The van der Waals surface area contributed by atoms with Crippen LogP contribution >= 0.6 is 0 Å². The van der Waals surface area contributed by atoms with Crippen LogP contribution in [-0.2, 0) is 6.54 Å². The van der Waals surface area contributed by atoms with E-state index in [9.17, 15) is 10.2 Å². The van der Waals surface area contributed by atoms with Gasteiger partial charge in [-0.15, -0.1) is 0 Å². The van der Waals surface area contributed by atoms with Crippen molar-refractivity contribution in [3.05, 3.63) is 24.3 Å². The van der Waals surface area contributed by atoms with Gasteiger partial charge in [0, 0.05) is 12.7 Å². The zero-order valence-electron chi connectivity index (χ0n) is 8.85. The normalized spacial score (nSPS) is 11.7. The molecule has 1 aromatic rings. The van der Waals surface area contributed by atoms with E-state index in [-0.39, 0.29) is 13.2 Å².